The highest BCUT2D eigenvalue weighted by atomic mass is 35.5. The molecular weight excluding hydrogens is 269 g/mol. The number of rotatable bonds is 3. The number of benzene rings is 2. The van der Waals surface area contributed by atoms with Crippen molar-refractivity contribution in [1.82, 2.24) is 0 Å². The Bertz CT molecular complexity index is 520. The van der Waals surface area contributed by atoms with Gasteiger partial charge < -0.3 is 5.73 Å². The molecule has 2 N–H and O–H groups in total. The first-order valence-corrected chi connectivity index (χ1v) is 6.85. The fourth-order valence-corrected chi connectivity index (χ4v) is 2.59. The van der Waals surface area contributed by atoms with Gasteiger partial charge in [0, 0.05) is 16.3 Å². The monoisotopic (exact) mass is 281 g/mol. The van der Waals surface area contributed by atoms with Crippen LogP contribution in [0.4, 0.5) is 10.1 Å². The molecule has 0 spiro atoms. The zero-order chi connectivity index (χ0) is 13.1. The second kappa shape index (κ2) is 5.63. The number of thioether (sulfide) groups is 1. The summed E-state index contributed by atoms with van der Waals surface area (Å²) in [4.78, 5) is 1.12. The lowest BCUT2D eigenvalue weighted by molar-refractivity contribution is 0.627. The molecule has 0 aromatic heterocycles. The highest BCUT2D eigenvalue weighted by molar-refractivity contribution is 7.98. The minimum Gasteiger partial charge on any atom is -0.399 e. The van der Waals surface area contributed by atoms with Gasteiger partial charge in [0.2, 0.25) is 0 Å². The summed E-state index contributed by atoms with van der Waals surface area (Å²) in [6.45, 7) is 1.97. The molecule has 0 aliphatic rings. The smallest absolute Gasteiger partial charge is 0.142 e. The van der Waals surface area contributed by atoms with Crippen LogP contribution in [0, 0.1) is 12.7 Å². The summed E-state index contributed by atoms with van der Waals surface area (Å²) in [5.74, 6) is 0.334. The maximum absolute atomic E-state index is 13.3. The molecule has 0 amide bonds. The topological polar surface area (TPSA) is 26.0 Å². The van der Waals surface area contributed by atoms with E-state index in [1.54, 1.807) is 17.8 Å². The van der Waals surface area contributed by atoms with Crippen molar-refractivity contribution >= 4 is 29.1 Å². The summed E-state index contributed by atoms with van der Waals surface area (Å²) < 4.78 is 13.3. The SMILES string of the molecule is Cc1cc(SCc2ccc(Cl)c(F)c2)ccc1N. The summed E-state index contributed by atoms with van der Waals surface area (Å²) in [6.07, 6.45) is 0. The van der Waals surface area contributed by atoms with E-state index in [1.165, 1.54) is 6.07 Å². The molecule has 0 atom stereocenters. The molecule has 2 rings (SSSR count). The molecule has 0 heterocycles. The Morgan fingerprint density at radius 2 is 2.00 bits per heavy atom. The molecular formula is C14H13ClFNS. The van der Waals surface area contributed by atoms with Gasteiger partial charge in [-0.05, 0) is 48.4 Å². The van der Waals surface area contributed by atoms with Crippen LogP contribution in [0.1, 0.15) is 11.1 Å². The van der Waals surface area contributed by atoms with E-state index in [4.69, 9.17) is 17.3 Å². The minimum absolute atomic E-state index is 0.159. The van der Waals surface area contributed by atoms with Crippen LogP contribution in [-0.4, -0.2) is 0 Å². The van der Waals surface area contributed by atoms with E-state index in [0.717, 1.165) is 21.7 Å². The van der Waals surface area contributed by atoms with Crippen LogP contribution in [0.3, 0.4) is 0 Å². The highest BCUT2D eigenvalue weighted by Crippen LogP contribution is 2.27. The molecule has 2 aromatic rings. The average Bonchev–Trinajstić information content (AvgIpc) is 2.35. The fourth-order valence-electron chi connectivity index (χ4n) is 1.53. The molecule has 94 valence electrons. The highest BCUT2D eigenvalue weighted by Gasteiger charge is 2.03. The van der Waals surface area contributed by atoms with Gasteiger partial charge in [0.1, 0.15) is 5.82 Å². The fraction of sp³-hybridized carbons (Fsp3) is 0.143. The Labute approximate surface area is 115 Å². The molecule has 0 bridgehead atoms. The van der Waals surface area contributed by atoms with E-state index in [1.807, 2.05) is 31.2 Å². The van der Waals surface area contributed by atoms with Crippen molar-refractivity contribution in [3.05, 3.63) is 58.4 Å². The molecule has 0 aliphatic carbocycles. The van der Waals surface area contributed by atoms with E-state index in [0.29, 0.717) is 5.75 Å². The van der Waals surface area contributed by atoms with Gasteiger partial charge in [0.15, 0.2) is 0 Å². The van der Waals surface area contributed by atoms with Crippen molar-refractivity contribution in [3.63, 3.8) is 0 Å². The van der Waals surface area contributed by atoms with Gasteiger partial charge in [-0.15, -0.1) is 11.8 Å². The van der Waals surface area contributed by atoms with Crippen LogP contribution >= 0.6 is 23.4 Å². The predicted molar refractivity (Wildman–Crippen MR) is 76.6 cm³/mol. The standard InChI is InChI=1S/C14H13ClFNS/c1-9-6-11(3-5-14(9)17)18-8-10-2-4-12(15)13(16)7-10/h2-7H,8,17H2,1H3. The molecule has 0 radical (unpaired) electrons. The van der Waals surface area contributed by atoms with Gasteiger partial charge in [-0.2, -0.15) is 0 Å². The molecule has 18 heavy (non-hydrogen) atoms. The summed E-state index contributed by atoms with van der Waals surface area (Å²) >= 11 is 7.29. The number of aryl methyl sites for hydroxylation is 1. The molecule has 0 saturated carbocycles. The van der Waals surface area contributed by atoms with E-state index >= 15 is 0 Å². The first-order valence-electron chi connectivity index (χ1n) is 5.49. The number of halogens is 2. The van der Waals surface area contributed by atoms with Crippen LogP contribution < -0.4 is 5.73 Å². The zero-order valence-electron chi connectivity index (χ0n) is 9.91. The Morgan fingerprint density at radius 1 is 1.22 bits per heavy atom. The van der Waals surface area contributed by atoms with Gasteiger partial charge in [0.05, 0.1) is 5.02 Å². The van der Waals surface area contributed by atoms with Gasteiger partial charge in [-0.25, -0.2) is 4.39 Å². The van der Waals surface area contributed by atoms with Crippen molar-refractivity contribution in [2.45, 2.75) is 17.6 Å². The third-order valence-corrected chi connectivity index (χ3v) is 4.00. The van der Waals surface area contributed by atoms with Crippen LogP contribution in [0.25, 0.3) is 0 Å². The number of hydrogen-bond acceptors (Lipinski definition) is 2. The van der Waals surface area contributed by atoms with Crippen LogP contribution in [0.5, 0.6) is 0 Å². The van der Waals surface area contributed by atoms with Crippen molar-refractivity contribution in [2.24, 2.45) is 0 Å². The molecule has 0 saturated heterocycles. The number of nitrogens with two attached hydrogens (primary N) is 1. The normalized spacial score (nSPS) is 10.6. The second-order valence-corrected chi connectivity index (χ2v) is 5.51. The number of hydrogen-bond donors (Lipinski definition) is 1. The Kier molecular flexibility index (Phi) is 4.15. The van der Waals surface area contributed by atoms with Crippen molar-refractivity contribution in [2.75, 3.05) is 5.73 Å². The molecule has 0 aliphatic heterocycles. The number of nitrogen functional groups attached to an aromatic ring is 1. The van der Waals surface area contributed by atoms with Crippen molar-refractivity contribution in [1.29, 1.82) is 0 Å². The average molecular weight is 282 g/mol. The predicted octanol–water partition coefficient (Wildman–Crippen LogP) is 4.66. The third kappa shape index (κ3) is 3.18. The maximum Gasteiger partial charge on any atom is 0.142 e. The summed E-state index contributed by atoms with van der Waals surface area (Å²) in [5, 5.41) is 0.159. The van der Waals surface area contributed by atoms with E-state index in [9.17, 15) is 4.39 Å². The number of anilines is 1. The first kappa shape index (κ1) is 13.2. The second-order valence-electron chi connectivity index (χ2n) is 4.06. The van der Waals surface area contributed by atoms with Crippen molar-refractivity contribution < 1.29 is 4.39 Å². The molecule has 0 unspecified atom stereocenters. The summed E-state index contributed by atoms with van der Waals surface area (Å²) in [5.41, 5.74) is 8.52. The Morgan fingerprint density at radius 3 is 2.67 bits per heavy atom. The van der Waals surface area contributed by atoms with Crippen LogP contribution in [-0.2, 0) is 5.75 Å². The summed E-state index contributed by atoms with van der Waals surface area (Å²) in [6, 6.07) is 10.8. The van der Waals surface area contributed by atoms with Crippen LogP contribution in [0.2, 0.25) is 5.02 Å². The third-order valence-electron chi connectivity index (χ3n) is 2.63. The molecule has 2 aromatic carbocycles. The molecule has 0 fully saturated rings. The van der Waals surface area contributed by atoms with E-state index < -0.39 is 0 Å². The van der Waals surface area contributed by atoms with Crippen molar-refractivity contribution in [3.8, 4) is 0 Å². The lowest BCUT2D eigenvalue weighted by Gasteiger charge is -2.05. The Balaban J connectivity index is 2.06. The molecule has 4 heteroatoms. The first-order chi connectivity index (χ1) is 8.56. The van der Waals surface area contributed by atoms with Gasteiger partial charge in [-0.1, -0.05) is 17.7 Å². The van der Waals surface area contributed by atoms with Gasteiger partial charge in [0.25, 0.3) is 0 Å². The lowest BCUT2D eigenvalue weighted by atomic mass is 10.2. The van der Waals surface area contributed by atoms with Gasteiger partial charge >= 0.3 is 0 Å². The van der Waals surface area contributed by atoms with E-state index in [-0.39, 0.29) is 10.8 Å². The largest absolute Gasteiger partial charge is 0.399 e. The van der Waals surface area contributed by atoms with E-state index in [2.05, 4.69) is 0 Å². The minimum atomic E-state index is -0.372. The quantitative estimate of drug-likeness (QED) is 0.654. The molecule has 1 nitrogen and oxygen atoms in total. The lowest BCUT2D eigenvalue weighted by Crippen LogP contribution is -1.89. The zero-order valence-corrected chi connectivity index (χ0v) is 11.5. The van der Waals surface area contributed by atoms with Gasteiger partial charge in [-0.3, -0.25) is 0 Å². The Hall–Kier alpha value is -1.19. The van der Waals surface area contributed by atoms with Crippen LogP contribution in [0.15, 0.2) is 41.3 Å². The maximum atomic E-state index is 13.3. The summed E-state index contributed by atoms with van der Waals surface area (Å²) in [7, 11) is 0.